The number of primary amides is 1. The number of carbonyl (C=O) groups is 1. The Labute approximate surface area is 95.3 Å². The van der Waals surface area contributed by atoms with Gasteiger partial charge in [0.15, 0.2) is 11.5 Å². The second-order valence-corrected chi connectivity index (χ2v) is 4.06. The average Bonchev–Trinajstić information content (AvgIpc) is 2.27. The molecule has 0 aliphatic carbocycles. The molecule has 0 aliphatic heterocycles. The van der Waals surface area contributed by atoms with Crippen LogP contribution in [0.25, 0.3) is 0 Å². The second-order valence-electron chi connectivity index (χ2n) is 4.06. The van der Waals surface area contributed by atoms with Gasteiger partial charge < -0.3 is 15.2 Å². The maximum Gasteiger partial charge on any atom is 0.227 e. The summed E-state index contributed by atoms with van der Waals surface area (Å²) in [6.07, 6.45) is 0. The van der Waals surface area contributed by atoms with Crippen molar-refractivity contribution in [3.8, 4) is 11.5 Å². The fourth-order valence-corrected chi connectivity index (χ4v) is 1.37. The van der Waals surface area contributed by atoms with Crippen LogP contribution in [0.1, 0.15) is 19.4 Å². The summed E-state index contributed by atoms with van der Waals surface area (Å²) in [5, 5.41) is 0. The Morgan fingerprint density at radius 2 is 1.75 bits per heavy atom. The van der Waals surface area contributed by atoms with Crippen molar-refractivity contribution in [1.82, 2.24) is 0 Å². The third kappa shape index (κ3) is 2.10. The summed E-state index contributed by atoms with van der Waals surface area (Å²) in [6, 6.07) is 5.34. The van der Waals surface area contributed by atoms with E-state index in [1.165, 1.54) is 0 Å². The van der Waals surface area contributed by atoms with Crippen molar-refractivity contribution in [1.29, 1.82) is 0 Å². The van der Waals surface area contributed by atoms with Gasteiger partial charge in [-0.1, -0.05) is 6.07 Å². The average molecular weight is 223 g/mol. The molecule has 0 spiro atoms. The first-order valence-corrected chi connectivity index (χ1v) is 4.96. The molecule has 1 amide bonds. The van der Waals surface area contributed by atoms with Gasteiger partial charge in [-0.25, -0.2) is 0 Å². The molecule has 0 saturated heterocycles. The van der Waals surface area contributed by atoms with Crippen molar-refractivity contribution in [3.63, 3.8) is 0 Å². The molecule has 0 saturated carbocycles. The van der Waals surface area contributed by atoms with Gasteiger partial charge in [0.25, 0.3) is 0 Å². The van der Waals surface area contributed by atoms with E-state index in [0.29, 0.717) is 11.5 Å². The highest BCUT2D eigenvalue weighted by Gasteiger charge is 2.28. The van der Waals surface area contributed by atoms with Crippen LogP contribution >= 0.6 is 0 Å². The predicted molar refractivity (Wildman–Crippen MR) is 61.8 cm³/mol. The summed E-state index contributed by atoms with van der Waals surface area (Å²) in [6.45, 7) is 3.55. The van der Waals surface area contributed by atoms with E-state index in [-0.39, 0.29) is 5.91 Å². The Bertz CT molecular complexity index is 399. The lowest BCUT2D eigenvalue weighted by atomic mass is 9.84. The molecule has 0 aromatic heterocycles. The van der Waals surface area contributed by atoms with Crippen LogP contribution in [0.15, 0.2) is 18.2 Å². The molecule has 88 valence electrons. The monoisotopic (exact) mass is 223 g/mol. The molecule has 0 heterocycles. The van der Waals surface area contributed by atoms with Gasteiger partial charge in [0, 0.05) is 0 Å². The minimum absolute atomic E-state index is 0.375. The zero-order valence-corrected chi connectivity index (χ0v) is 10.0. The van der Waals surface area contributed by atoms with Gasteiger partial charge in [0.2, 0.25) is 5.91 Å². The maximum atomic E-state index is 11.3. The second kappa shape index (κ2) is 4.43. The van der Waals surface area contributed by atoms with Crippen LogP contribution in [0, 0.1) is 0 Å². The summed E-state index contributed by atoms with van der Waals surface area (Å²) >= 11 is 0. The maximum absolute atomic E-state index is 11.3. The number of carbonyl (C=O) groups excluding carboxylic acids is 1. The van der Waals surface area contributed by atoms with Crippen LogP contribution in [0.3, 0.4) is 0 Å². The van der Waals surface area contributed by atoms with Gasteiger partial charge >= 0.3 is 0 Å². The summed E-state index contributed by atoms with van der Waals surface area (Å²) in [4.78, 5) is 11.3. The number of hydrogen-bond acceptors (Lipinski definition) is 3. The van der Waals surface area contributed by atoms with E-state index >= 15 is 0 Å². The number of ether oxygens (including phenoxy) is 2. The molecule has 2 N–H and O–H groups in total. The number of hydrogen-bond donors (Lipinski definition) is 1. The quantitative estimate of drug-likeness (QED) is 0.840. The third-order valence-electron chi connectivity index (χ3n) is 2.72. The van der Waals surface area contributed by atoms with Gasteiger partial charge in [0.1, 0.15) is 0 Å². The molecule has 0 fully saturated rings. The van der Waals surface area contributed by atoms with Gasteiger partial charge in [-0.3, -0.25) is 4.79 Å². The summed E-state index contributed by atoms with van der Waals surface area (Å²) in [5.74, 6) is 0.848. The Balaban J connectivity index is 3.23. The van der Waals surface area contributed by atoms with Gasteiger partial charge in [-0.15, -0.1) is 0 Å². The van der Waals surface area contributed by atoms with Crippen LogP contribution in [0.2, 0.25) is 0 Å². The lowest BCUT2D eigenvalue weighted by Crippen LogP contribution is -2.35. The molecule has 1 rings (SSSR count). The topological polar surface area (TPSA) is 61.5 Å². The van der Waals surface area contributed by atoms with E-state index in [2.05, 4.69) is 0 Å². The van der Waals surface area contributed by atoms with Crippen molar-refractivity contribution in [2.24, 2.45) is 5.73 Å². The zero-order valence-electron chi connectivity index (χ0n) is 10.0. The lowest BCUT2D eigenvalue weighted by molar-refractivity contribution is -0.122. The van der Waals surface area contributed by atoms with E-state index in [1.54, 1.807) is 40.2 Å². The van der Waals surface area contributed by atoms with Crippen molar-refractivity contribution < 1.29 is 14.3 Å². The molecular formula is C12H17NO3. The molecule has 0 aliphatic rings. The molecule has 0 radical (unpaired) electrons. The molecule has 1 aromatic rings. The highest BCUT2D eigenvalue weighted by molar-refractivity contribution is 5.85. The highest BCUT2D eigenvalue weighted by Crippen LogP contribution is 2.32. The Hall–Kier alpha value is -1.71. The SMILES string of the molecule is COc1ccc(C(C)(C)C(N)=O)cc1OC. The third-order valence-corrected chi connectivity index (χ3v) is 2.72. The zero-order chi connectivity index (χ0) is 12.3. The van der Waals surface area contributed by atoms with Gasteiger partial charge in [0.05, 0.1) is 19.6 Å². The number of benzene rings is 1. The molecule has 0 bridgehead atoms. The molecule has 4 nitrogen and oxygen atoms in total. The Kier molecular flexibility index (Phi) is 3.42. The van der Waals surface area contributed by atoms with Gasteiger partial charge in [-0.2, -0.15) is 0 Å². The van der Waals surface area contributed by atoms with Gasteiger partial charge in [-0.05, 0) is 31.5 Å². The van der Waals surface area contributed by atoms with Crippen molar-refractivity contribution in [2.75, 3.05) is 14.2 Å². The predicted octanol–water partition coefficient (Wildman–Crippen LogP) is 1.47. The fraction of sp³-hybridized carbons (Fsp3) is 0.417. The first-order chi connectivity index (χ1) is 7.43. The smallest absolute Gasteiger partial charge is 0.227 e. The van der Waals surface area contributed by atoms with E-state index in [0.717, 1.165) is 5.56 Å². The highest BCUT2D eigenvalue weighted by atomic mass is 16.5. The number of amides is 1. The minimum Gasteiger partial charge on any atom is -0.493 e. The molecule has 1 aromatic carbocycles. The van der Waals surface area contributed by atoms with E-state index < -0.39 is 5.41 Å². The van der Waals surface area contributed by atoms with Crippen molar-refractivity contribution in [2.45, 2.75) is 19.3 Å². The first-order valence-electron chi connectivity index (χ1n) is 4.96. The number of methoxy groups -OCH3 is 2. The normalized spacial score (nSPS) is 11.0. The minimum atomic E-state index is -0.723. The largest absolute Gasteiger partial charge is 0.493 e. The lowest BCUT2D eigenvalue weighted by Gasteiger charge is -2.22. The summed E-state index contributed by atoms with van der Waals surface area (Å²) in [7, 11) is 3.12. The van der Waals surface area contributed by atoms with Crippen molar-refractivity contribution in [3.05, 3.63) is 23.8 Å². The van der Waals surface area contributed by atoms with Crippen LogP contribution in [0.5, 0.6) is 11.5 Å². The molecule has 0 unspecified atom stereocenters. The van der Waals surface area contributed by atoms with E-state index in [4.69, 9.17) is 15.2 Å². The first kappa shape index (κ1) is 12.4. The fourth-order valence-electron chi connectivity index (χ4n) is 1.37. The van der Waals surface area contributed by atoms with E-state index in [9.17, 15) is 4.79 Å². The number of rotatable bonds is 4. The van der Waals surface area contributed by atoms with Crippen molar-refractivity contribution >= 4 is 5.91 Å². The molecule has 4 heteroatoms. The van der Waals surface area contributed by atoms with Crippen LogP contribution in [-0.2, 0) is 10.2 Å². The van der Waals surface area contributed by atoms with Crippen LogP contribution in [-0.4, -0.2) is 20.1 Å². The van der Waals surface area contributed by atoms with E-state index in [1.807, 2.05) is 6.07 Å². The van der Waals surface area contributed by atoms with Crippen LogP contribution < -0.4 is 15.2 Å². The molecule has 16 heavy (non-hydrogen) atoms. The standard InChI is InChI=1S/C12H17NO3/c1-12(2,11(13)14)8-5-6-9(15-3)10(7-8)16-4/h5-7H,1-4H3,(H2,13,14). The Morgan fingerprint density at radius 3 is 2.19 bits per heavy atom. The summed E-state index contributed by atoms with van der Waals surface area (Å²) < 4.78 is 10.3. The molecule has 0 atom stereocenters. The van der Waals surface area contributed by atoms with Crippen LogP contribution in [0.4, 0.5) is 0 Å². The Morgan fingerprint density at radius 1 is 1.19 bits per heavy atom. The number of nitrogens with two attached hydrogens (primary N) is 1. The summed E-state index contributed by atoms with van der Waals surface area (Å²) in [5.41, 5.74) is 5.43. The molecular weight excluding hydrogens is 206 g/mol.